The van der Waals surface area contributed by atoms with E-state index in [9.17, 15) is 4.39 Å². The Hall–Kier alpha value is -1.38. The molecule has 0 atom stereocenters. The van der Waals surface area contributed by atoms with Crippen LogP contribution < -0.4 is 0 Å². The Morgan fingerprint density at radius 2 is 2.27 bits per heavy atom. The van der Waals surface area contributed by atoms with Gasteiger partial charge in [-0.1, -0.05) is 0 Å². The highest BCUT2D eigenvalue weighted by Gasteiger charge is 2.00. The van der Waals surface area contributed by atoms with E-state index in [1.807, 2.05) is 6.92 Å². The van der Waals surface area contributed by atoms with Crippen molar-refractivity contribution in [3.05, 3.63) is 29.7 Å². The summed E-state index contributed by atoms with van der Waals surface area (Å²) in [4.78, 5) is 0. The number of hydrogen-bond donors (Lipinski definition) is 1. The first-order valence-corrected chi connectivity index (χ1v) is 3.36. The lowest BCUT2D eigenvalue weighted by atomic mass is 10.1. The van der Waals surface area contributed by atoms with Gasteiger partial charge in [-0.05, 0) is 24.6 Å². The van der Waals surface area contributed by atoms with Gasteiger partial charge in [0, 0.05) is 5.39 Å². The third-order valence-electron chi connectivity index (χ3n) is 1.73. The third kappa shape index (κ3) is 0.888. The van der Waals surface area contributed by atoms with Crippen LogP contribution in [0.25, 0.3) is 10.9 Å². The molecule has 0 saturated heterocycles. The molecule has 0 spiro atoms. The number of hydrogen-bond acceptors (Lipinski definition) is 1. The molecule has 0 unspecified atom stereocenters. The van der Waals surface area contributed by atoms with E-state index in [2.05, 4.69) is 10.2 Å². The van der Waals surface area contributed by atoms with E-state index >= 15 is 0 Å². The molecule has 0 aliphatic rings. The molecule has 2 aromatic rings. The lowest BCUT2D eigenvalue weighted by molar-refractivity contribution is 0.628. The molecule has 0 fully saturated rings. The molecule has 1 aromatic carbocycles. The minimum absolute atomic E-state index is 0.223. The van der Waals surface area contributed by atoms with Crippen molar-refractivity contribution in [3.63, 3.8) is 0 Å². The molecular weight excluding hydrogens is 143 g/mol. The smallest absolute Gasteiger partial charge is 0.125 e. The maximum Gasteiger partial charge on any atom is 0.125 e. The highest BCUT2D eigenvalue weighted by molar-refractivity contribution is 5.81. The minimum Gasteiger partial charge on any atom is -0.278 e. The summed E-state index contributed by atoms with van der Waals surface area (Å²) in [7, 11) is 0. The van der Waals surface area contributed by atoms with Crippen LogP contribution in [0.2, 0.25) is 0 Å². The molecule has 0 saturated carbocycles. The van der Waals surface area contributed by atoms with Crippen LogP contribution in [-0.2, 0) is 0 Å². The summed E-state index contributed by atoms with van der Waals surface area (Å²) in [6, 6.07) is 2.94. The Bertz CT molecular complexity index is 392. The number of fused-ring (bicyclic) bond motifs is 1. The van der Waals surface area contributed by atoms with Gasteiger partial charge in [0.2, 0.25) is 0 Å². The number of nitrogens with zero attached hydrogens (tertiary/aromatic N) is 1. The Labute approximate surface area is 63.0 Å². The molecule has 1 heterocycles. The van der Waals surface area contributed by atoms with Crippen molar-refractivity contribution < 1.29 is 4.39 Å². The molecule has 2 nitrogen and oxygen atoms in total. The summed E-state index contributed by atoms with van der Waals surface area (Å²) in [5, 5.41) is 7.50. The summed E-state index contributed by atoms with van der Waals surface area (Å²) < 4.78 is 12.7. The molecule has 1 N–H and O–H groups in total. The van der Waals surface area contributed by atoms with Gasteiger partial charge in [0.15, 0.2) is 0 Å². The average Bonchev–Trinajstić information content (AvgIpc) is 2.34. The van der Waals surface area contributed by atoms with E-state index in [0.29, 0.717) is 0 Å². The van der Waals surface area contributed by atoms with Crippen molar-refractivity contribution in [2.24, 2.45) is 0 Å². The summed E-state index contributed by atoms with van der Waals surface area (Å²) in [5.41, 5.74) is 1.66. The van der Waals surface area contributed by atoms with Crippen molar-refractivity contribution in [2.45, 2.75) is 6.92 Å². The molecule has 3 heteroatoms. The van der Waals surface area contributed by atoms with E-state index in [1.54, 1.807) is 6.20 Å². The van der Waals surface area contributed by atoms with Gasteiger partial charge in [0.05, 0.1) is 11.7 Å². The van der Waals surface area contributed by atoms with Crippen LogP contribution in [0.1, 0.15) is 5.56 Å². The molecule has 11 heavy (non-hydrogen) atoms. The number of H-pyrrole nitrogens is 1. The maximum absolute atomic E-state index is 12.7. The molecule has 0 radical (unpaired) electrons. The number of aromatic amines is 1. The number of aromatic nitrogens is 2. The van der Waals surface area contributed by atoms with Gasteiger partial charge < -0.3 is 0 Å². The first-order valence-electron chi connectivity index (χ1n) is 3.36. The first kappa shape index (κ1) is 6.34. The number of aryl methyl sites for hydroxylation is 1. The van der Waals surface area contributed by atoms with Crippen molar-refractivity contribution >= 4 is 10.9 Å². The molecular formula is C8H7FN2. The molecule has 0 aliphatic carbocycles. The van der Waals surface area contributed by atoms with Crippen molar-refractivity contribution in [1.82, 2.24) is 10.2 Å². The molecule has 0 bridgehead atoms. The van der Waals surface area contributed by atoms with Crippen molar-refractivity contribution in [2.75, 3.05) is 0 Å². The van der Waals surface area contributed by atoms with Crippen LogP contribution >= 0.6 is 0 Å². The zero-order chi connectivity index (χ0) is 7.84. The summed E-state index contributed by atoms with van der Waals surface area (Å²) in [5.74, 6) is -0.223. The zero-order valence-corrected chi connectivity index (χ0v) is 6.06. The van der Waals surface area contributed by atoms with Crippen LogP contribution in [0.15, 0.2) is 18.3 Å². The third-order valence-corrected chi connectivity index (χ3v) is 1.73. The molecule has 0 aliphatic heterocycles. The normalized spacial score (nSPS) is 10.7. The Kier molecular flexibility index (Phi) is 1.18. The second-order valence-corrected chi connectivity index (χ2v) is 2.55. The fourth-order valence-corrected chi connectivity index (χ4v) is 1.18. The summed E-state index contributed by atoms with van der Waals surface area (Å²) in [6.07, 6.45) is 1.70. The summed E-state index contributed by atoms with van der Waals surface area (Å²) in [6.45, 7) is 1.86. The quantitative estimate of drug-likeness (QED) is 0.611. The largest absolute Gasteiger partial charge is 0.278 e. The maximum atomic E-state index is 12.7. The number of nitrogens with one attached hydrogen (secondary N) is 1. The standard InChI is InChI=1S/C8H7FN2/c1-5-2-6(9)3-8-7(5)4-10-11-8/h2-4H,1H3,(H,10,11). The van der Waals surface area contributed by atoms with E-state index in [4.69, 9.17) is 0 Å². The monoisotopic (exact) mass is 150 g/mol. The Balaban J connectivity index is 2.91. The fourth-order valence-electron chi connectivity index (χ4n) is 1.18. The second kappa shape index (κ2) is 2.05. The Morgan fingerprint density at radius 1 is 1.45 bits per heavy atom. The SMILES string of the molecule is Cc1cc(F)cc2[nH]ncc12. The van der Waals surface area contributed by atoms with Gasteiger partial charge in [0.25, 0.3) is 0 Å². The molecule has 1 aromatic heterocycles. The topological polar surface area (TPSA) is 28.7 Å². The van der Waals surface area contributed by atoms with E-state index < -0.39 is 0 Å². The molecule has 56 valence electrons. The van der Waals surface area contributed by atoms with Crippen molar-refractivity contribution in [1.29, 1.82) is 0 Å². The lowest BCUT2D eigenvalue weighted by Crippen LogP contribution is -1.78. The van der Waals surface area contributed by atoms with E-state index in [1.165, 1.54) is 12.1 Å². The van der Waals surface area contributed by atoms with Crippen LogP contribution in [0, 0.1) is 12.7 Å². The van der Waals surface area contributed by atoms with Crippen LogP contribution in [0.3, 0.4) is 0 Å². The summed E-state index contributed by atoms with van der Waals surface area (Å²) >= 11 is 0. The average molecular weight is 150 g/mol. The van der Waals surface area contributed by atoms with Gasteiger partial charge in [-0.3, -0.25) is 5.10 Å². The van der Waals surface area contributed by atoms with E-state index in [0.717, 1.165) is 16.5 Å². The number of benzene rings is 1. The number of halogens is 1. The minimum atomic E-state index is -0.223. The van der Waals surface area contributed by atoms with Crippen LogP contribution in [0.4, 0.5) is 4.39 Å². The van der Waals surface area contributed by atoms with Gasteiger partial charge in [-0.2, -0.15) is 5.10 Å². The lowest BCUT2D eigenvalue weighted by Gasteiger charge is -1.93. The fraction of sp³-hybridized carbons (Fsp3) is 0.125. The Morgan fingerprint density at radius 3 is 3.09 bits per heavy atom. The van der Waals surface area contributed by atoms with Gasteiger partial charge in [-0.15, -0.1) is 0 Å². The first-order chi connectivity index (χ1) is 5.27. The predicted octanol–water partition coefficient (Wildman–Crippen LogP) is 2.01. The van der Waals surface area contributed by atoms with Gasteiger partial charge in [0.1, 0.15) is 5.82 Å². The van der Waals surface area contributed by atoms with Crippen molar-refractivity contribution in [3.8, 4) is 0 Å². The molecule has 2 rings (SSSR count). The predicted molar refractivity (Wildman–Crippen MR) is 40.8 cm³/mol. The highest BCUT2D eigenvalue weighted by Crippen LogP contribution is 2.16. The van der Waals surface area contributed by atoms with Gasteiger partial charge >= 0.3 is 0 Å². The van der Waals surface area contributed by atoms with Crippen LogP contribution in [0.5, 0.6) is 0 Å². The number of rotatable bonds is 0. The second-order valence-electron chi connectivity index (χ2n) is 2.55. The van der Waals surface area contributed by atoms with E-state index in [-0.39, 0.29) is 5.82 Å². The van der Waals surface area contributed by atoms with Gasteiger partial charge in [-0.25, -0.2) is 4.39 Å². The highest BCUT2D eigenvalue weighted by atomic mass is 19.1. The molecule has 0 amide bonds. The van der Waals surface area contributed by atoms with Crippen LogP contribution in [-0.4, -0.2) is 10.2 Å². The zero-order valence-electron chi connectivity index (χ0n) is 6.06.